The Morgan fingerprint density at radius 2 is 2.25 bits per heavy atom. The minimum Gasteiger partial charge on any atom is -0.481 e. The van der Waals surface area contributed by atoms with Crippen LogP contribution < -0.4 is 5.32 Å². The Balaban J connectivity index is 1.63. The molecule has 1 heterocycles. The van der Waals surface area contributed by atoms with Gasteiger partial charge in [-0.2, -0.15) is 0 Å². The van der Waals surface area contributed by atoms with Gasteiger partial charge >= 0.3 is 5.97 Å². The molecule has 0 radical (unpaired) electrons. The Kier molecular flexibility index (Phi) is 2.89. The first-order valence-corrected chi connectivity index (χ1v) is 6.19. The van der Waals surface area contributed by atoms with Crippen LogP contribution in [-0.2, 0) is 16.1 Å². The van der Waals surface area contributed by atoms with Crippen LogP contribution in [0.2, 0.25) is 0 Å². The lowest BCUT2D eigenvalue weighted by molar-refractivity contribution is -0.140. The van der Waals surface area contributed by atoms with Crippen LogP contribution in [0.15, 0.2) is 18.2 Å². The molecule has 6 nitrogen and oxygen atoms in total. The number of aliphatic carboxylic acids is 1. The number of fused-ring (bicyclic) bond motifs is 1. The van der Waals surface area contributed by atoms with Gasteiger partial charge in [-0.05, 0) is 24.6 Å². The second kappa shape index (κ2) is 4.59. The maximum atomic E-state index is 13.0. The number of nitrogens with one attached hydrogen (secondary N) is 2. The number of nitrogens with zero attached hydrogens (tertiary/aromatic N) is 1. The van der Waals surface area contributed by atoms with Crippen LogP contribution >= 0.6 is 0 Å². The average Bonchev–Trinajstić information content (AvgIpc) is 3.11. The minimum atomic E-state index is -0.940. The maximum Gasteiger partial charge on any atom is 0.307 e. The zero-order valence-corrected chi connectivity index (χ0v) is 10.4. The molecule has 1 aromatic carbocycles. The van der Waals surface area contributed by atoms with Gasteiger partial charge in [-0.3, -0.25) is 9.59 Å². The molecule has 1 aliphatic rings. The first-order valence-electron chi connectivity index (χ1n) is 6.19. The summed E-state index contributed by atoms with van der Waals surface area (Å²) in [4.78, 5) is 29.5. The number of rotatable bonds is 4. The highest BCUT2D eigenvalue weighted by molar-refractivity contribution is 5.89. The molecule has 104 valence electrons. The van der Waals surface area contributed by atoms with E-state index >= 15 is 0 Å². The molecule has 3 N–H and O–H groups in total. The van der Waals surface area contributed by atoms with Gasteiger partial charge in [0, 0.05) is 0 Å². The Bertz CT molecular complexity index is 697. The van der Waals surface area contributed by atoms with E-state index in [9.17, 15) is 14.0 Å². The molecule has 1 fully saturated rings. The zero-order valence-electron chi connectivity index (χ0n) is 10.4. The van der Waals surface area contributed by atoms with Crippen LogP contribution in [0.25, 0.3) is 11.0 Å². The summed E-state index contributed by atoms with van der Waals surface area (Å²) in [5, 5.41) is 11.4. The Morgan fingerprint density at radius 1 is 1.45 bits per heavy atom. The number of carboxylic acid groups (broad SMARTS) is 1. The van der Waals surface area contributed by atoms with Crippen molar-refractivity contribution in [1.82, 2.24) is 15.3 Å². The highest BCUT2D eigenvalue weighted by atomic mass is 19.1. The number of aromatic nitrogens is 2. The summed E-state index contributed by atoms with van der Waals surface area (Å²) in [6.07, 6.45) is 0.381. The molecule has 7 heteroatoms. The largest absolute Gasteiger partial charge is 0.481 e. The molecule has 1 aliphatic carbocycles. The van der Waals surface area contributed by atoms with Crippen LogP contribution in [-0.4, -0.2) is 27.0 Å². The zero-order chi connectivity index (χ0) is 14.3. The van der Waals surface area contributed by atoms with Crippen LogP contribution in [0, 0.1) is 17.7 Å². The smallest absolute Gasteiger partial charge is 0.307 e. The summed E-state index contributed by atoms with van der Waals surface area (Å²) in [6.45, 7) is 0.165. The molecule has 2 atom stereocenters. The molecule has 0 unspecified atom stereocenters. The normalized spacial score (nSPS) is 20.9. The van der Waals surface area contributed by atoms with E-state index in [4.69, 9.17) is 5.11 Å². The third-order valence-electron chi connectivity index (χ3n) is 3.37. The molecule has 0 bridgehead atoms. The fourth-order valence-corrected chi connectivity index (χ4v) is 2.18. The summed E-state index contributed by atoms with van der Waals surface area (Å²) in [5.41, 5.74) is 1.18. The molecule has 20 heavy (non-hydrogen) atoms. The van der Waals surface area contributed by atoms with E-state index < -0.39 is 17.8 Å². The van der Waals surface area contributed by atoms with Gasteiger partial charge in [-0.15, -0.1) is 0 Å². The van der Waals surface area contributed by atoms with E-state index in [1.165, 1.54) is 12.1 Å². The molecular weight excluding hydrogens is 265 g/mol. The number of hydrogen-bond acceptors (Lipinski definition) is 3. The number of H-pyrrole nitrogens is 1. The van der Waals surface area contributed by atoms with Crippen molar-refractivity contribution >= 4 is 22.9 Å². The van der Waals surface area contributed by atoms with E-state index in [1.807, 2.05) is 0 Å². The summed E-state index contributed by atoms with van der Waals surface area (Å²) in [7, 11) is 0. The lowest BCUT2D eigenvalue weighted by Gasteiger charge is -2.01. The van der Waals surface area contributed by atoms with Crippen molar-refractivity contribution in [2.75, 3.05) is 0 Å². The van der Waals surface area contributed by atoms with Crippen LogP contribution in [0.4, 0.5) is 4.39 Å². The second-order valence-corrected chi connectivity index (χ2v) is 4.85. The van der Waals surface area contributed by atoms with E-state index in [0.29, 0.717) is 23.3 Å². The quantitative estimate of drug-likeness (QED) is 0.778. The number of amides is 1. The van der Waals surface area contributed by atoms with Crippen molar-refractivity contribution < 1.29 is 19.1 Å². The molecule has 1 saturated carbocycles. The highest BCUT2D eigenvalue weighted by Gasteiger charge is 2.48. The molecular formula is C13H12FN3O3. The Hall–Kier alpha value is -2.44. The van der Waals surface area contributed by atoms with Gasteiger partial charge in [0.1, 0.15) is 11.6 Å². The maximum absolute atomic E-state index is 13.0. The predicted molar refractivity (Wildman–Crippen MR) is 67.1 cm³/mol. The van der Waals surface area contributed by atoms with Gasteiger partial charge in [0.15, 0.2) is 0 Å². The first-order chi connectivity index (χ1) is 9.54. The third-order valence-corrected chi connectivity index (χ3v) is 3.37. The number of halogens is 1. The first kappa shape index (κ1) is 12.6. The lowest BCUT2D eigenvalue weighted by Crippen LogP contribution is -2.26. The fourth-order valence-electron chi connectivity index (χ4n) is 2.18. The number of imidazole rings is 1. The topological polar surface area (TPSA) is 95.1 Å². The van der Waals surface area contributed by atoms with Gasteiger partial charge in [0.25, 0.3) is 0 Å². The van der Waals surface area contributed by atoms with Crippen molar-refractivity contribution in [2.45, 2.75) is 13.0 Å². The monoisotopic (exact) mass is 277 g/mol. The molecule has 0 saturated heterocycles. The summed E-state index contributed by atoms with van der Waals surface area (Å²) in [6, 6.07) is 4.19. The third kappa shape index (κ3) is 2.34. The van der Waals surface area contributed by atoms with E-state index in [-0.39, 0.29) is 18.3 Å². The van der Waals surface area contributed by atoms with E-state index in [2.05, 4.69) is 15.3 Å². The van der Waals surface area contributed by atoms with Crippen LogP contribution in [0.5, 0.6) is 0 Å². The van der Waals surface area contributed by atoms with Gasteiger partial charge < -0.3 is 15.4 Å². The predicted octanol–water partition coefficient (Wildman–Crippen LogP) is 1.04. The summed E-state index contributed by atoms with van der Waals surface area (Å²) < 4.78 is 13.0. The van der Waals surface area contributed by atoms with Crippen LogP contribution in [0.1, 0.15) is 12.2 Å². The molecule has 1 amide bonds. The van der Waals surface area contributed by atoms with Gasteiger partial charge in [-0.25, -0.2) is 9.37 Å². The van der Waals surface area contributed by atoms with Gasteiger partial charge in [0.05, 0.1) is 29.4 Å². The van der Waals surface area contributed by atoms with Crippen molar-refractivity contribution in [1.29, 1.82) is 0 Å². The summed E-state index contributed by atoms with van der Waals surface area (Å²) >= 11 is 0. The molecule has 3 rings (SSSR count). The summed E-state index contributed by atoms with van der Waals surface area (Å²) in [5.74, 6) is -2.10. The Labute approximate surface area is 113 Å². The molecule has 0 spiro atoms. The number of aromatic amines is 1. The fraction of sp³-hybridized carbons (Fsp3) is 0.308. The van der Waals surface area contributed by atoms with Gasteiger partial charge in [0.2, 0.25) is 5.91 Å². The van der Waals surface area contributed by atoms with Gasteiger partial charge in [-0.1, -0.05) is 0 Å². The minimum absolute atomic E-state index is 0.165. The number of carboxylic acids is 1. The highest BCUT2D eigenvalue weighted by Crippen LogP contribution is 2.38. The van der Waals surface area contributed by atoms with Crippen molar-refractivity contribution in [3.8, 4) is 0 Å². The Morgan fingerprint density at radius 3 is 2.95 bits per heavy atom. The van der Waals surface area contributed by atoms with Crippen molar-refractivity contribution in [3.63, 3.8) is 0 Å². The lowest BCUT2D eigenvalue weighted by atomic mass is 10.3. The molecule has 1 aromatic heterocycles. The molecule has 2 aromatic rings. The van der Waals surface area contributed by atoms with Crippen molar-refractivity contribution in [3.05, 3.63) is 29.8 Å². The number of carbonyl (C=O) groups is 2. The second-order valence-electron chi connectivity index (χ2n) is 4.85. The molecule has 0 aliphatic heterocycles. The standard InChI is InChI=1S/C13H12FN3O3/c14-6-1-2-9-10(3-6)17-11(16-9)5-15-12(18)7-4-8(7)13(19)20/h1-3,7-8H,4-5H2,(H,15,18)(H,16,17)(H,19,20)/t7-,8+/m0/s1. The number of benzene rings is 1. The SMILES string of the molecule is O=C(NCc1nc2ccc(F)cc2[nH]1)[C@H]1C[C@H]1C(=O)O. The van der Waals surface area contributed by atoms with E-state index in [0.717, 1.165) is 0 Å². The number of hydrogen-bond donors (Lipinski definition) is 3. The average molecular weight is 277 g/mol. The van der Waals surface area contributed by atoms with E-state index in [1.54, 1.807) is 6.07 Å². The number of carbonyl (C=O) groups excluding carboxylic acids is 1. The van der Waals surface area contributed by atoms with Crippen LogP contribution in [0.3, 0.4) is 0 Å². The van der Waals surface area contributed by atoms with Crippen molar-refractivity contribution in [2.24, 2.45) is 11.8 Å².